The molecule has 27 heavy (non-hydrogen) atoms. The van der Waals surface area contributed by atoms with Gasteiger partial charge in [-0.25, -0.2) is 8.78 Å². The van der Waals surface area contributed by atoms with E-state index in [0.717, 1.165) is 15.4 Å². The van der Waals surface area contributed by atoms with Crippen molar-refractivity contribution in [3.8, 4) is 0 Å². The molecule has 1 aliphatic heterocycles. The van der Waals surface area contributed by atoms with Crippen LogP contribution in [0.15, 0.2) is 48.5 Å². The Labute approximate surface area is 162 Å². The van der Waals surface area contributed by atoms with Crippen LogP contribution in [0.4, 0.5) is 8.78 Å². The maximum absolute atomic E-state index is 14.0. The number of benzene rings is 2. The topological polar surface area (TPSA) is 40.6 Å². The van der Waals surface area contributed by atoms with Crippen molar-refractivity contribution < 1.29 is 17.2 Å². The van der Waals surface area contributed by atoms with Crippen LogP contribution in [0, 0.1) is 11.6 Å². The van der Waals surface area contributed by atoms with E-state index in [0.29, 0.717) is 13.0 Å². The van der Waals surface area contributed by atoms with Gasteiger partial charge in [0.25, 0.3) is 10.2 Å². The van der Waals surface area contributed by atoms with Crippen molar-refractivity contribution in [3.63, 3.8) is 0 Å². The smallest absolute Gasteiger partial charge is 0.207 e. The van der Waals surface area contributed by atoms with E-state index in [2.05, 4.69) is 0 Å². The SMILES string of the molecule is CN(Cc1c(F)cccc1Cl)S(=O)(=O)N1CC=C(c2ccc(F)cc2)CC1. The Morgan fingerprint density at radius 3 is 2.44 bits per heavy atom. The summed E-state index contributed by atoms with van der Waals surface area (Å²) in [6, 6.07) is 10.4. The monoisotopic (exact) mass is 412 g/mol. The highest BCUT2D eigenvalue weighted by molar-refractivity contribution is 7.86. The zero-order valence-corrected chi connectivity index (χ0v) is 16.3. The highest BCUT2D eigenvalue weighted by atomic mass is 35.5. The number of hydrogen-bond acceptors (Lipinski definition) is 2. The summed E-state index contributed by atoms with van der Waals surface area (Å²) >= 11 is 6.00. The first-order valence-corrected chi connectivity index (χ1v) is 10.2. The summed E-state index contributed by atoms with van der Waals surface area (Å²) in [5.74, 6) is -0.852. The van der Waals surface area contributed by atoms with E-state index in [-0.39, 0.29) is 29.5 Å². The van der Waals surface area contributed by atoms with Crippen LogP contribution >= 0.6 is 11.6 Å². The van der Waals surface area contributed by atoms with E-state index in [4.69, 9.17) is 11.6 Å². The summed E-state index contributed by atoms with van der Waals surface area (Å²) < 4.78 is 55.0. The Kier molecular flexibility index (Phi) is 5.95. The normalized spacial score (nSPS) is 15.8. The van der Waals surface area contributed by atoms with Crippen LogP contribution in [0.2, 0.25) is 5.02 Å². The quantitative estimate of drug-likeness (QED) is 0.742. The number of halogens is 3. The van der Waals surface area contributed by atoms with Crippen molar-refractivity contribution >= 4 is 27.4 Å². The first-order chi connectivity index (χ1) is 12.8. The molecule has 3 rings (SSSR count). The molecule has 0 saturated carbocycles. The Bertz CT molecular complexity index is 942. The van der Waals surface area contributed by atoms with Crippen LogP contribution in [0.1, 0.15) is 17.5 Å². The van der Waals surface area contributed by atoms with E-state index >= 15 is 0 Å². The maximum Gasteiger partial charge on any atom is 0.282 e. The molecule has 1 aliphatic rings. The van der Waals surface area contributed by atoms with E-state index in [1.165, 1.54) is 41.7 Å². The van der Waals surface area contributed by atoms with Crippen molar-refractivity contribution in [1.82, 2.24) is 8.61 Å². The number of rotatable bonds is 5. The third kappa shape index (κ3) is 4.38. The van der Waals surface area contributed by atoms with Gasteiger partial charge in [-0.1, -0.05) is 35.9 Å². The fourth-order valence-electron chi connectivity index (χ4n) is 2.97. The van der Waals surface area contributed by atoms with E-state index in [1.807, 2.05) is 6.08 Å². The fourth-order valence-corrected chi connectivity index (χ4v) is 4.47. The van der Waals surface area contributed by atoms with Crippen LogP contribution in [0.5, 0.6) is 0 Å². The van der Waals surface area contributed by atoms with Crippen molar-refractivity contribution in [2.75, 3.05) is 20.1 Å². The summed E-state index contributed by atoms with van der Waals surface area (Å²) in [6.45, 7) is 0.337. The van der Waals surface area contributed by atoms with Crippen LogP contribution in [-0.2, 0) is 16.8 Å². The molecule has 0 spiro atoms. The number of hydrogen-bond donors (Lipinski definition) is 0. The molecule has 0 radical (unpaired) electrons. The lowest BCUT2D eigenvalue weighted by Gasteiger charge is -2.30. The van der Waals surface area contributed by atoms with Gasteiger partial charge in [-0.3, -0.25) is 0 Å². The second-order valence-corrected chi connectivity index (χ2v) is 8.75. The van der Waals surface area contributed by atoms with Crippen LogP contribution in [-0.4, -0.2) is 37.2 Å². The first-order valence-electron chi connectivity index (χ1n) is 8.38. The molecule has 2 aromatic carbocycles. The van der Waals surface area contributed by atoms with Gasteiger partial charge in [-0.05, 0) is 41.8 Å². The predicted octanol–water partition coefficient (Wildman–Crippen LogP) is 4.08. The van der Waals surface area contributed by atoms with Gasteiger partial charge < -0.3 is 0 Å². The minimum Gasteiger partial charge on any atom is -0.207 e. The lowest BCUT2D eigenvalue weighted by Crippen LogP contribution is -2.43. The standard InChI is InChI=1S/C19H19ClF2N2O2S/c1-23(13-17-18(20)3-2-4-19(17)22)27(25,26)24-11-9-15(10-12-24)14-5-7-16(21)8-6-14/h2-9H,10-13H2,1H3. The third-order valence-corrected chi connectivity index (χ3v) is 6.80. The molecule has 4 nitrogen and oxygen atoms in total. The molecule has 0 fully saturated rings. The summed E-state index contributed by atoms with van der Waals surface area (Å²) in [7, 11) is -2.37. The van der Waals surface area contributed by atoms with Crippen LogP contribution in [0.3, 0.4) is 0 Å². The predicted molar refractivity (Wildman–Crippen MR) is 102 cm³/mol. The van der Waals surface area contributed by atoms with Gasteiger partial charge in [0, 0.05) is 37.3 Å². The van der Waals surface area contributed by atoms with Crippen molar-refractivity contribution in [3.05, 3.63) is 76.3 Å². The summed E-state index contributed by atoms with van der Waals surface area (Å²) in [5.41, 5.74) is 1.99. The fraction of sp³-hybridized carbons (Fsp3) is 0.263. The summed E-state index contributed by atoms with van der Waals surface area (Å²) in [4.78, 5) is 0. The highest BCUT2D eigenvalue weighted by Gasteiger charge is 2.29. The van der Waals surface area contributed by atoms with Crippen LogP contribution in [0.25, 0.3) is 5.57 Å². The van der Waals surface area contributed by atoms with E-state index in [9.17, 15) is 17.2 Å². The minimum atomic E-state index is -3.77. The van der Waals surface area contributed by atoms with Gasteiger partial charge in [-0.15, -0.1) is 0 Å². The molecular weight excluding hydrogens is 394 g/mol. The van der Waals surface area contributed by atoms with Crippen LogP contribution < -0.4 is 0 Å². The van der Waals surface area contributed by atoms with Crippen molar-refractivity contribution in [2.24, 2.45) is 0 Å². The second-order valence-electron chi connectivity index (χ2n) is 6.31. The first kappa shape index (κ1) is 19.9. The Morgan fingerprint density at radius 2 is 1.85 bits per heavy atom. The van der Waals surface area contributed by atoms with E-state index < -0.39 is 16.0 Å². The molecule has 144 valence electrons. The second kappa shape index (κ2) is 8.06. The van der Waals surface area contributed by atoms with Crippen molar-refractivity contribution in [1.29, 1.82) is 0 Å². The Morgan fingerprint density at radius 1 is 1.15 bits per heavy atom. The Hall–Kier alpha value is -1.80. The molecule has 0 N–H and O–H groups in total. The van der Waals surface area contributed by atoms with Gasteiger partial charge in [0.15, 0.2) is 0 Å². The molecule has 0 unspecified atom stereocenters. The zero-order valence-electron chi connectivity index (χ0n) is 14.7. The van der Waals surface area contributed by atoms with Gasteiger partial charge in [0.2, 0.25) is 0 Å². The highest BCUT2D eigenvalue weighted by Crippen LogP contribution is 2.26. The molecule has 0 atom stereocenters. The average molecular weight is 413 g/mol. The largest absolute Gasteiger partial charge is 0.282 e. The molecule has 8 heteroatoms. The Balaban J connectivity index is 1.73. The molecular formula is C19H19ClF2N2O2S. The molecule has 0 aliphatic carbocycles. The average Bonchev–Trinajstić information content (AvgIpc) is 2.65. The maximum atomic E-state index is 14.0. The van der Waals surface area contributed by atoms with Gasteiger partial charge in [-0.2, -0.15) is 17.0 Å². The van der Waals surface area contributed by atoms with E-state index in [1.54, 1.807) is 12.1 Å². The third-order valence-electron chi connectivity index (χ3n) is 4.55. The molecule has 0 aromatic heterocycles. The molecule has 0 bridgehead atoms. The molecule has 0 saturated heterocycles. The molecule has 1 heterocycles. The lowest BCUT2D eigenvalue weighted by molar-refractivity contribution is 0.370. The molecule has 2 aromatic rings. The summed E-state index contributed by atoms with van der Waals surface area (Å²) in [6.07, 6.45) is 2.33. The summed E-state index contributed by atoms with van der Waals surface area (Å²) in [5, 5.41) is 0.189. The molecule has 0 amide bonds. The zero-order chi connectivity index (χ0) is 19.6. The van der Waals surface area contributed by atoms with Gasteiger partial charge in [0.05, 0.1) is 0 Å². The number of nitrogens with zero attached hydrogens (tertiary/aromatic N) is 2. The lowest BCUT2D eigenvalue weighted by atomic mass is 10.0. The minimum absolute atomic E-state index is 0.143. The van der Waals surface area contributed by atoms with Gasteiger partial charge in [0.1, 0.15) is 11.6 Å². The van der Waals surface area contributed by atoms with Gasteiger partial charge >= 0.3 is 0 Å². The van der Waals surface area contributed by atoms with Crippen molar-refractivity contribution in [2.45, 2.75) is 13.0 Å².